The minimum absolute atomic E-state index is 0.0331. The Morgan fingerprint density at radius 3 is 2.43 bits per heavy atom. The van der Waals surface area contributed by atoms with E-state index in [2.05, 4.69) is 20.1 Å². The Balaban J connectivity index is 2.02. The van der Waals surface area contributed by atoms with Crippen molar-refractivity contribution >= 4 is 35.5 Å². The molecule has 2 N–H and O–H groups in total. The number of nitrogens with one attached hydrogen (secondary N) is 2. The van der Waals surface area contributed by atoms with Crippen molar-refractivity contribution in [3.05, 3.63) is 29.8 Å². The summed E-state index contributed by atoms with van der Waals surface area (Å²) in [6, 6.07) is 7.02. The second-order valence-corrected chi connectivity index (χ2v) is 8.16. The van der Waals surface area contributed by atoms with E-state index in [1.807, 2.05) is 30.5 Å². The van der Waals surface area contributed by atoms with Gasteiger partial charge in [0.2, 0.25) is 11.8 Å². The molecule has 0 aromatic heterocycles. The van der Waals surface area contributed by atoms with E-state index in [1.54, 1.807) is 11.8 Å². The lowest BCUT2D eigenvalue weighted by Crippen LogP contribution is -2.46. The molecule has 1 aromatic rings. The zero-order valence-electron chi connectivity index (χ0n) is 17.5. The fraction of sp³-hybridized carbons (Fsp3) is 0.524. The molecule has 1 heterocycles. The number of benzene rings is 1. The fourth-order valence-electron chi connectivity index (χ4n) is 3.52. The lowest BCUT2D eigenvalue weighted by Gasteiger charge is -2.29. The van der Waals surface area contributed by atoms with Gasteiger partial charge in [0, 0.05) is 23.3 Å². The summed E-state index contributed by atoms with van der Waals surface area (Å²) in [5.74, 6) is -1.77. The summed E-state index contributed by atoms with van der Waals surface area (Å²) in [6.45, 7) is 0. The van der Waals surface area contributed by atoms with E-state index in [0.717, 1.165) is 10.5 Å². The number of methoxy groups -OCH3 is 2. The molecule has 1 aromatic carbocycles. The number of thioether (sulfide) groups is 1. The highest BCUT2D eigenvalue weighted by atomic mass is 32.2. The van der Waals surface area contributed by atoms with Crippen LogP contribution in [-0.2, 0) is 35.1 Å². The van der Waals surface area contributed by atoms with Crippen molar-refractivity contribution in [2.24, 2.45) is 0 Å². The zero-order chi connectivity index (χ0) is 22.1. The van der Waals surface area contributed by atoms with Gasteiger partial charge in [0.05, 0.1) is 20.6 Å². The van der Waals surface area contributed by atoms with Crippen LogP contribution < -0.4 is 10.6 Å². The first-order chi connectivity index (χ1) is 14.3. The number of esters is 2. The minimum atomic E-state index is -1.11. The van der Waals surface area contributed by atoms with E-state index >= 15 is 0 Å². The first-order valence-corrected chi connectivity index (χ1v) is 10.9. The molecule has 1 saturated heterocycles. The van der Waals surface area contributed by atoms with E-state index in [1.165, 1.54) is 14.2 Å². The summed E-state index contributed by atoms with van der Waals surface area (Å²) in [5, 5.41) is 5.57. The molecule has 1 aliphatic heterocycles. The molecule has 8 nitrogen and oxygen atoms in total. The Labute approximate surface area is 180 Å². The van der Waals surface area contributed by atoms with Gasteiger partial charge in [0.1, 0.15) is 6.04 Å². The molecular formula is C21H28N2O6S. The van der Waals surface area contributed by atoms with Crippen LogP contribution in [-0.4, -0.2) is 55.8 Å². The predicted octanol–water partition coefficient (Wildman–Crippen LogP) is 1.60. The van der Waals surface area contributed by atoms with Gasteiger partial charge in [-0.3, -0.25) is 14.4 Å². The quantitative estimate of drug-likeness (QED) is 0.423. The lowest BCUT2D eigenvalue weighted by molar-refractivity contribution is -0.150. The van der Waals surface area contributed by atoms with Gasteiger partial charge in [-0.05, 0) is 43.2 Å². The Bertz CT molecular complexity index is 782. The molecule has 9 heteroatoms. The fourth-order valence-corrected chi connectivity index (χ4v) is 3.93. The van der Waals surface area contributed by atoms with Crippen LogP contribution in [0.1, 0.15) is 37.7 Å². The summed E-state index contributed by atoms with van der Waals surface area (Å²) in [6.07, 6.45) is 3.87. The predicted molar refractivity (Wildman–Crippen MR) is 112 cm³/mol. The smallest absolute Gasteiger partial charge is 0.328 e. The number of hydrogen-bond acceptors (Lipinski definition) is 7. The third-order valence-electron chi connectivity index (χ3n) is 5.19. The number of rotatable bonds is 10. The zero-order valence-corrected chi connectivity index (χ0v) is 18.3. The molecule has 0 aliphatic carbocycles. The van der Waals surface area contributed by atoms with E-state index in [-0.39, 0.29) is 18.7 Å². The topological polar surface area (TPSA) is 111 Å². The molecule has 0 spiro atoms. The maximum absolute atomic E-state index is 12.5. The molecule has 0 saturated carbocycles. The van der Waals surface area contributed by atoms with E-state index < -0.39 is 29.4 Å². The molecule has 2 unspecified atom stereocenters. The average molecular weight is 437 g/mol. The Morgan fingerprint density at radius 2 is 1.90 bits per heavy atom. The Hall–Kier alpha value is -2.55. The lowest BCUT2D eigenvalue weighted by atomic mass is 9.85. The van der Waals surface area contributed by atoms with Crippen LogP contribution >= 0.6 is 11.8 Å². The minimum Gasteiger partial charge on any atom is -0.469 e. The van der Waals surface area contributed by atoms with Crippen molar-refractivity contribution in [3.8, 4) is 0 Å². The molecule has 2 atom stereocenters. The summed E-state index contributed by atoms with van der Waals surface area (Å²) in [4.78, 5) is 48.9. The van der Waals surface area contributed by atoms with Crippen LogP contribution in [0.2, 0.25) is 0 Å². The maximum atomic E-state index is 12.5. The number of amides is 2. The van der Waals surface area contributed by atoms with Crippen LogP contribution in [0.5, 0.6) is 0 Å². The molecular weight excluding hydrogens is 408 g/mol. The highest BCUT2D eigenvalue weighted by molar-refractivity contribution is 7.98. The van der Waals surface area contributed by atoms with Gasteiger partial charge in [-0.25, -0.2) is 4.79 Å². The molecule has 0 bridgehead atoms. The van der Waals surface area contributed by atoms with Gasteiger partial charge in [-0.1, -0.05) is 12.1 Å². The van der Waals surface area contributed by atoms with Crippen LogP contribution in [0.4, 0.5) is 0 Å². The van der Waals surface area contributed by atoms with Gasteiger partial charge in [0.15, 0.2) is 0 Å². The molecule has 164 valence electrons. The second kappa shape index (κ2) is 11.0. The van der Waals surface area contributed by atoms with Crippen molar-refractivity contribution < 1.29 is 28.7 Å². The van der Waals surface area contributed by atoms with Gasteiger partial charge in [-0.15, -0.1) is 11.8 Å². The third-order valence-corrected chi connectivity index (χ3v) is 5.93. The van der Waals surface area contributed by atoms with Gasteiger partial charge in [0.25, 0.3) is 0 Å². The molecule has 1 fully saturated rings. The molecule has 2 rings (SSSR count). The third kappa shape index (κ3) is 6.76. The van der Waals surface area contributed by atoms with Crippen molar-refractivity contribution in [2.75, 3.05) is 20.5 Å². The highest BCUT2D eigenvalue weighted by Crippen LogP contribution is 2.30. The summed E-state index contributed by atoms with van der Waals surface area (Å²) < 4.78 is 9.21. The summed E-state index contributed by atoms with van der Waals surface area (Å²) in [5.41, 5.74) is 0.562. The van der Waals surface area contributed by atoms with Crippen molar-refractivity contribution in [2.45, 2.75) is 55.0 Å². The van der Waals surface area contributed by atoms with Crippen LogP contribution in [0.25, 0.3) is 0 Å². The second-order valence-electron chi connectivity index (χ2n) is 7.28. The SMILES string of the molecule is COC(=O)CC(NC(=O)CCC1(Cc2ccc(SC)cc2)CCC(=O)N1)C(=O)OC. The largest absolute Gasteiger partial charge is 0.469 e. The van der Waals surface area contributed by atoms with Crippen LogP contribution in [0, 0.1) is 0 Å². The summed E-state index contributed by atoms with van der Waals surface area (Å²) in [7, 11) is 2.39. The number of ether oxygens (including phenoxy) is 2. The normalized spacial score (nSPS) is 19.0. The van der Waals surface area contributed by atoms with Crippen LogP contribution in [0.3, 0.4) is 0 Å². The van der Waals surface area contributed by atoms with Gasteiger partial charge in [-0.2, -0.15) is 0 Å². The standard InChI is InChI=1S/C21H28N2O6S/c1-28-19(26)12-16(20(27)29-2)22-17(24)8-10-21(11-9-18(25)23-21)13-14-4-6-15(30-3)7-5-14/h4-7,16H,8-13H2,1-3H3,(H,22,24)(H,23,25). The first kappa shape index (κ1) is 23.7. The average Bonchev–Trinajstić information content (AvgIpc) is 3.12. The molecule has 0 radical (unpaired) electrons. The Morgan fingerprint density at radius 1 is 1.20 bits per heavy atom. The highest BCUT2D eigenvalue weighted by Gasteiger charge is 2.38. The molecule has 2 amide bonds. The van der Waals surface area contributed by atoms with Crippen molar-refractivity contribution in [1.82, 2.24) is 10.6 Å². The monoisotopic (exact) mass is 436 g/mol. The number of carbonyl (C=O) groups excluding carboxylic acids is 4. The molecule has 1 aliphatic rings. The number of hydrogen-bond donors (Lipinski definition) is 2. The van der Waals surface area contributed by atoms with E-state index in [9.17, 15) is 19.2 Å². The summed E-state index contributed by atoms with van der Waals surface area (Å²) >= 11 is 1.66. The number of carbonyl (C=O) groups is 4. The molecule has 30 heavy (non-hydrogen) atoms. The van der Waals surface area contributed by atoms with Gasteiger partial charge < -0.3 is 20.1 Å². The van der Waals surface area contributed by atoms with Gasteiger partial charge >= 0.3 is 11.9 Å². The first-order valence-electron chi connectivity index (χ1n) is 9.69. The maximum Gasteiger partial charge on any atom is 0.328 e. The Kier molecular flexibility index (Phi) is 8.71. The van der Waals surface area contributed by atoms with E-state index in [0.29, 0.717) is 25.7 Å². The van der Waals surface area contributed by atoms with Crippen molar-refractivity contribution in [1.29, 1.82) is 0 Å². The van der Waals surface area contributed by atoms with E-state index in [4.69, 9.17) is 0 Å². The van der Waals surface area contributed by atoms with Crippen molar-refractivity contribution in [3.63, 3.8) is 0 Å². The van der Waals surface area contributed by atoms with Crippen LogP contribution in [0.15, 0.2) is 29.2 Å².